The lowest BCUT2D eigenvalue weighted by Gasteiger charge is -2.35. The number of carbonyl (C=O) groups excluding carboxylic acids is 1. The molecule has 3 rings (SSSR count). The zero-order chi connectivity index (χ0) is 19.2. The van der Waals surface area contributed by atoms with Gasteiger partial charge in [-0.25, -0.2) is 4.39 Å². The molecule has 6 heteroatoms. The van der Waals surface area contributed by atoms with Gasteiger partial charge in [-0.05, 0) is 35.9 Å². The summed E-state index contributed by atoms with van der Waals surface area (Å²) < 4.78 is 24.4. The van der Waals surface area contributed by atoms with Gasteiger partial charge in [0.15, 0.2) is 11.5 Å². The minimum absolute atomic E-state index is 0.0574. The second-order valence-corrected chi connectivity index (χ2v) is 6.21. The van der Waals surface area contributed by atoms with Gasteiger partial charge in [-0.3, -0.25) is 4.79 Å². The predicted molar refractivity (Wildman–Crippen MR) is 104 cm³/mol. The number of methoxy groups -OCH3 is 2. The van der Waals surface area contributed by atoms with Crippen LogP contribution >= 0.6 is 0 Å². The van der Waals surface area contributed by atoms with Crippen LogP contribution in [0.2, 0.25) is 0 Å². The largest absolute Gasteiger partial charge is 0.493 e. The number of hydrogen-bond donors (Lipinski definition) is 0. The fraction of sp³-hybridized carbons (Fsp3) is 0.286. The molecule has 1 aliphatic rings. The van der Waals surface area contributed by atoms with E-state index >= 15 is 0 Å². The van der Waals surface area contributed by atoms with Crippen molar-refractivity contribution < 1.29 is 18.7 Å². The van der Waals surface area contributed by atoms with Gasteiger partial charge in [0.05, 0.1) is 19.9 Å². The molecule has 0 bridgehead atoms. The van der Waals surface area contributed by atoms with E-state index in [2.05, 4.69) is 0 Å². The Balaban J connectivity index is 1.60. The summed E-state index contributed by atoms with van der Waals surface area (Å²) >= 11 is 0. The van der Waals surface area contributed by atoms with Crippen molar-refractivity contribution in [2.24, 2.45) is 0 Å². The van der Waals surface area contributed by atoms with E-state index in [9.17, 15) is 9.18 Å². The van der Waals surface area contributed by atoms with Gasteiger partial charge >= 0.3 is 0 Å². The smallest absolute Gasteiger partial charge is 0.246 e. The van der Waals surface area contributed by atoms with Crippen LogP contribution < -0.4 is 14.4 Å². The lowest BCUT2D eigenvalue weighted by Crippen LogP contribution is -2.48. The maximum Gasteiger partial charge on any atom is 0.246 e. The number of hydrogen-bond acceptors (Lipinski definition) is 4. The molecule has 1 fully saturated rings. The molecule has 1 saturated heterocycles. The maximum absolute atomic E-state index is 13.9. The van der Waals surface area contributed by atoms with Crippen LogP contribution in [0.15, 0.2) is 48.5 Å². The number of anilines is 1. The first-order valence-electron chi connectivity index (χ1n) is 8.81. The van der Waals surface area contributed by atoms with E-state index in [1.807, 2.05) is 23.1 Å². The van der Waals surface area contributed by atoms with Gasteiger partial charge < -0.3 is 19.3 Å². The number of benzene rings is 2. The van der Waals surface area contributed by atoms with Crippen LogP contribution in [-0.4, -0.2) is 51.2 Å². The normalized spacial score (nSPS) is 14.5. The van der Waals surface area contributed by atoms with Crippen molar-refractivity contribution in [2.45, 2.75) is 0 Å². The Morgan fingerprint density at radius 3 is 2.37 bits per heavy atom. The summed E-state index contributed by atoms with van der Waals surface area (Å²) in [4.78, 5) is 16.2. The molecule has 0 aliphatic carbocycles. The third-order valence-corrected chi connectivity index (χ3v) is 4.61. The second-order valence-electron chi connectivity index (χ2n) is 6.21. The molecule has 2 aromatic carbocycles. The summed E-state index contributed by atoms with van der Waals surface area (Å²) in [5, 5.41) is 0. The molecule has 0 spiro atoms. The topological polar surface area (TPSA) is 42.0 Å². The number of carbonyl (C=O) groups is 1. The van der Waals surface area contributed by atoms with Crippen molar-refractivity contribution in [3.05, 3.63) is 59.9 Å². The highest BCUT2D eigenvalue weighted by atomic mass is 19.1. The zero-order valence-corrected chi connectivity index (χ0v) is 15.5. The lowest BCUT2D eigenvalue weighted by atomic mass is 10.1. The van der Waals surface area contributed by atoms with Crippen LogP contribution in [0.25, 0.3) is 6.08 Å². The Labute approximate surface area is 158 Å². The summed E-state index contributed by atoms with van der Waals surface area (Å²) in [6.07, 6.45) is 3.31. The number of piperazine rings is 1. The van der Waals surface area contributed by atoms with Gasteiger partial charge in [0.1, 0.15) is 5.82 Å². The van der Waals surface area contributed by atoms with Crippen LogP contribution in [0.1, 0.15) is 5.56 Å². The van der Waals surface area contributed by atoms with Crippen LogP contribution in [0, 0.1) is 5.82 Å². The number of halogens is 1. The molecule has 0 saturated carbocycles. The third kappa shape index (κ3) is 4.39. The van der Waals surface area contributed by atoms with E-state index in [4.69, 9.17) is 9.47 Å². The van der Waals surface area contributed by atoms with Gasteiger partial charge in [-0.1, -0.05) is 18.2 Å². The van der Waals surface area contributed by atoms with E-state index in [0.29, 0.717) is 43.4 Å². The fourth-order valence-electron chi connectivity index (χ4n) is 3.11. The summed E-state index contributed by atoms with van der Waals surface area (Å²) in [5.74, 6) is 0.972. The molecular weight excluding hydrogens is 347 g/mol. The van der Waals surface area contributed by atoms with Gasteiger partial charge in [-0.15, -0.1) is 0 Å². The third-order valence-electron chi connectivity index (χ3n) is 4.61. The van der Waals surface area contributed by atoms with Crippen LogP contribution in [-0.2, 0) is 4.79 Å². The molecule has 0 unspecified atom stereocenters. The van der Waals surface area contributed by atoms with Crippen LogP contribution in [0.5, 0.6) is 11.5 Å². The molecule has 0 N–H and O–H groups in total. The number of rotatable bonds is 5. The average Bonchev–Trinajstić information content (AvgIpc) is 2.72. The standard InChI is InChI=1S/C21H23FN2O3/c1-26-19-9-7-16(15-20(19)27-2)8-10-21(25)24-13-11-23(12-14-24)18-6-4-3-5-17(18)22/h3-10,15H,11-14H2,1-2H3. The highest BCUT2D eigenvalue weighted by Gasteiger charge is 2.21. The Morgan fingerprint density at radius 1 is 1.00 bits per heavy atom. The molecule has 27 heavy (non-hydrogen) atoms. The summed E-state index contributed by atoms with van der Waals surface area (Å²) in [7, 11) is 3.16. The Kier molecular flexibility index (Phi) is 5.96. The summed E-state index contributed by atoms with van der Waals surface area (Å²) in [6, 6.07) is 12.2. The number of para-hydroxylation sites is 1. The molecule has 0 atom stereocenters. The molecule has 2 aromatic rings. The van der Waals surface area contributed by atoms with Crippen molar-refractivity contribution in [3.63, 3.8) is 0 Å². The average molecular weight is 370 g/mol. The highest BCUT2D eigenvalue weighted by Crippen LogP contribution is 2.28. The number of amides is 1. The van der Waals surface area contributed by atoms with Crippen molar-refractivity contribution in [3.8, 4) is 11.5 Å². The monoisotopic (exact) mass is 370 g/mol. The molecule has 0 radical (unpaired) electrons. The highest BCUT2D eigenvalue weighted by molar-refractivity contribution is 5.92. The van der Waals surface area contributed by atoms with Gasteiger partial charge in [0.2, 0.25) is 5.91 Å². The first kappa shape index (κ1) is 18.8. The first-order valence-corrected chi connectivity index (χ1v) is 8.81. The predicted octanol–water partition coefficient (Wildman–Crippen LogP) is 3.20. The zero-order valence-electron chi connectivity index (χ0n) is 15.5. The van der Waals surface area contributed by atoms with Crippen LogP contribution in [0.4, 0.5) is 10.1 Å². The minimum atomic E-state index is -0.231. The molecule has 0 aromatic heterocycles. The summed E-state index contributed by atoms with van der Waals surface area (Å²) in [6.45, 7) is 2.33. The van der Waals surface area contributed by atoms with Crippen molar-refractivity contribution in [1.82, 2.24) is 4.90 Å². The number of nitrogens with zero attached hydrogens (tertiary/aromatic N) is 2. The Morgan fingerprint density at radius 2 is 1.70 bits per heavy atom. The molecule has 1 heterocycles. The first-order chi connectivity index (χ1) is 13.1. The van der Waals surface area contributed by atoms with Gasteiger partial charge in [-0.2, -0.15) is 0 Å². The van der Waals surface area contributed by atoms with E-state index in [1.165, 1.54) is 6.07 Å². The van der Waals surface area contributed by atoms with Gasteiger partial charge in [0.25, 0.3) is 0 Å². The lowest BCUT2D eigenvalue weighted by molar-refractivity contribution is -0.126. The quantitative estimate of drug-likeness (QED) is 0.758. The molecule has 142 valence electrons. The second kappa shape index (κ2) is 8.58. The van der Waals surface area contributed by atoms with Crippen molar-refractivity contribution in [2.75, 3.05) is 45.3 Å². The Bertz CT molecular complexity index is 830. The minimum Gasteiger partial charge on any atom is -0.493 e. The van der Waals surface area contributed by atoms with E-state index in [0.717, 1.165) is 5.56 Å². The van der Waals surface area contributed by atoms with Crippen LogP contribution in [0.3, 0.4) is 0 Å². The molecule has 1 aliphatic heterocycles. The van der Waals surface area contributed by atoms with Crippen molar-refractivity contribution in [1.29, 1.82) is 0 Å². The molecular formula is C21H23FN2O3. The molecule has 1 amide bonds. The van der Waals surface area contributed by atoms with Crippen molar-refractivity contribution >= 4 is 17.7 Å². The maximum atomic E-state index is 13.9. The van der Waals surface area contributed by atoms with E-state index in [1.54, 1.807) is 49.5 Å². The van der Waals surface area contributed by atoms with E-state index < -0.39 is 0 Å². The Hall–Kier alpha value is -3.02. The fourth-order valence-corrected chi connectivity index (χ4v) is 3.11. The summed E-state index contributed by atoms with van der Waals surface area (Å²) in [5.41, 5.74) is 1.44. The number of ether oxygens (including phenoxy) is 2. The van der Waals surface area contributed by atoms with Gasteiger partial charge in [0, 0.05) is 32.3 Å². The van der Waals surface area contributed by atoms with E-state index in [-0.39, 0.29) is 11.7 Å². The molecule has 5 nitrogen and oxygen atoms in total. The SMILES string of the molecule is COc1ccc(C=CC(=O)N2CCN(c3ccccc3F)CC2)cc1OC.